The van der Waals surface area contributed by atoms with Crippen molar-refractivity contribution in [3.63, 3.8) is 0 Å². The summed E-state index contributed by atoms with van der Waals surface area (Å²) in [5.74, 6) is -0.377. The molecular weight excluding hydrogens is 325 g/mol. The van der Waals surface area contributed by atoms with E-state index in [1.165, 1.54) is 6.07 Å². The summed E-state index contributed by atoms with van der Waals surface area (Å²) >= 11 is 0. The number of hydrogen-bond donors (Lipinski definition) is 1. The molecule has 0 saturated heterocycles. The fourth-order valence-electron chi connectivity index (χ4n) is 3.14. The summed E-state index contributed by atoms with van der Waals surface area (Å²) in [6, 6.07) is 26.3. The van der Waals surface area contributed by atoms with E-state index in [9.17, 15) is 9.18 Å². The molecule has 3 heteroatoms. The maximum absolute atomic E-state index is 13.8. The van der Waals surface area contributed by atoms with Crippen molar-refractivity contribution >= 4 is 5.91 Å². The third-order valence-corrected chi connectivity index (χ3v) is 4.67. The Kier molecular flexibility index (Phi) is 5.47. The Hall–Kier alpha value is -2.94. The molecule has 0 fully saturated rings. The van der Waals surface area contributed by atoms with E-state index < -0.39 is 5.54 Å². The minimum atomic E-state index is -0.644. The maximum Gasteiger partial charge on any atom is 0.221 e. The second-order valence-corrected chi connectivity index (χ2v) is 6.50. The molecule has 26 heavy (non-hydrogen) atoms. The quantitative estimate of drug-likeness (QED) is 0.679. The van der Waals surface area contributed by atoms with Gasteiger partial charge in [0.25, 0.3) is 0 Å². The molecule has 0 aliphatic rings. The van der Waals surface area contributed by atoms with E-state index in [0.717, 1.165) is 11.1 Å². The van der Waals surface area contributed by atoms with E-state index in [4.69, 9.17) is 0 Å². The highest BCUT2D eigenvalue weighted by atomic mass is 19.1. The van der Waals surface area contributed by atoms with Crippen molar-refractivity contribution in [2.24, 2.45) is 0 Å². The van der Waals surface area contributed by atoms with Crippen molar-refractivity contribution in [3.8, 4) is 0 Å². The highest BCUT2D eigenvalue weighted by Crippen LogP contribution is 2.29. The Morgan fingerprint density at radius 2 is 1.35 bits per heavy atom. The zero-order valence-corrected chi connectivity index (χ0v) is 14.8. The van der Waals surface area contributed by atoms with E-state index in [2.05, 4.69) is 5.32 Å². The molecule has 0 radical (unpaired) electrons. The molecule has 2 nitrogen and oxygen atoms in total. The van der Waals surface area contributed by atoms with E-state index in [1.54, 1.807) is 18.2 Å². The van der Waals surface area contributed by atoms with Crippen LogP contribution >= 0.6 is 0 Å². The van der Waals surface area contributed by atoms with Crippen LogP contribution in [0.2, 0.25) is 0 Å². The van der Waals surface area contributed by atoms with Crippen molar-refractivity contribution in [2.75, 3.05) is 0 Å². The third-order valence-electron chi connectivity index (χ3n) is 4.67. The molecule has 0 bridgehead atoms. The SMILES string of the molecule is CC(NC(=O)CCc1ccccc1F)(c1ccccc1)c1ccccc1. The molecule has 0 aliphatic heterocycles. The van der Waals surface area contributed by atoms with Gasteiger partial charge >= 0.3 is 0 Å². The van der Waals surface area contributed by atoms with Gasteiger partial charge in [-0.25, -0.2) is 4.39 Å². The van der Waals surface area contributed by atoms with Gasteiger partial charge in [-0.05, 0) is 36.1 Å². The molecule has 1 N–H and O–H groups in total. The van der Waals surface area contributed by atoms with Crippen LogP contribution in [0.5, 0.6) is 0 Å². The van der Waals surface area contributed by atoms with Gasteiger partial charge in [0, 0.05) is 6.42 Å². The molecule has 3 rings (SSSR count). The molecule has 1 amide bonds. The summed E-state index contributed by atoms with van der Waals surface area (Å²) in [5, 5.41) is 3.15. The molecule has 0 unspecified atom stereocenters. The van der Waals surface area contributed by atoms with E-state index in [-0.39, 0.29) is 18.1 Å². The summed E-state index contributed by atoms with van der Waals surface area (Å²) in [4.78, 5) is 12.7. The number of carbonyl (C=O) groups excluding carboxylic acids is 1. The van der Waals surface area contributed by atoms with Crippen LogP contribution in [0.15, 0.2) is 84.9 Å². The molecule has 0 spiro atoms. The lowest BCUT2D eigenvalue weighted by atomic mass is 9.84. The topological polar surface area (TPSA) is 29.1 Å². The second-order valence-electron chi connectivity index (χ2n) is 6.50. The van der Waals surface area contributed by atoms with Gasteiger partial charge in [-0.1, -0.05) is 78.9 Å². The summed E-state index contributed by atoms with van der Waals surface area (Å²) in [6.45, 7) is 2.00. The Bertz CT molecular complexity index is 822. The summed E-state index contributed by atoms with van der Waals surface area (Å²) < 4.78 is 13.8. The predicted octanol–water partition coefficient (Wildman–Crippen LogP) is 4.84. The first kappa shape index (κ1) is 17.9. The van der Waals surface area contributed by atoms with Crippen molar-refractivity contribution in [1.82, 2.24) is 5.32 Å². The van der Waals surface area contributed by atoms with Gasteiger partial charge in [0.05, 0.1) is 5.54 Å². The smallest absolute Gasteiger partial charge is 0.221 e. The molecule has 0 atom stereocenters. The Balaban J connectivity index is 1.80. The number of halogens is 1. The van der Waals surface area contributed by atoms with E-state index in [0.29, 0.717) is 12.0 Å². The van der Waals surface area contributed by atoms with Crippen LogP contribution in [-0.2, 0) is 16.8 Å². The Morgan fingerprint density at radius 1 is 0.846 bits per heavy atom. The molecule has 0 saturated carbocycles. The highest BCUT2D eigenvalue weighted by Gasteiger charge is 2.30. The monoisotopic (exact) mass is 347 g/mol. The number of rotatable bonds is 6. The summed E-state index contributed by atoms with van der Waals surface area (Å²) in [6.07, 6.45) is 0.606. The Morgan fingerprint density at radius 3 is 1.88 bits per heavy atom. The molecule has 132 valence electrons. The van der Waals surface area contributed by atoms with Crippen LogP contribution in [0.3, 0.4) is 0 Å². The zero-order chi connectivity index (χ0) is 18.4. The predicted molar refractivity (Wildman–Crippen MR) is 102 cm³/mol. The van der Waals surface area contributed by atoms with Crippen molar-refractivity contribution in [3.05, 3.63) is 107 Å². The van der Waals surface area contributed by atoms with Gasteiger partial charge in [-0.2, -0.15) is 0 Å². The highest BCUT2D eigenvalue weighted by molar-refractivity contribution is 5.78. The van der Waals surface area contributed by atoms with Crippen LogP contribution in [0.1, 0.15) is 30.0 Å². The average molecular weight is 347 g/mol. The first-order valence-electron chi connectivity index (χ1n) is 8.75. The number of carbonyl (C=O) groups is 1. The molecule has 0 aliphatic carbocycles. The molecule has 0 heterocycles. The number of hydrogen-bond acceptors (Lipinski definition) is 1. The molecule has 3 aromatic rings. The maximum atomic E-state index is 13.8. The normalized spacial score (nSPS) is 11.2. The van der Waals surface area contributed by atoms with Crippen LogP contribution in [0.25, 0.3) is 0 Å². The van der Waals surface area contributed by atoms with Gasteiger partial charge in [-0.3, -0.25) is 4.79 Å². The number of benzene rings is 3. The minimum Gasteiger partial charge on any atom is -0.343 e. The average Bonchev–Trinajstić information content (AvgIpc) is 2.68. The van der Waals surface area contributed by atoms with Gasteiger partial charge in [0.2, 0.25) is 5.91 Å². The number of amides is 1. The minimum absolute atomic E-state index is 0.108. The lowest BCUT2D eigenvalue weighted by molar-refractivity contribution is -0.122. The lowest BCUT2D eigenvalue weighted by Crippen LogP contribution is -2.44. The van der Waals surface area contributed by atoms with E-state index >= 15 is 0 Å². The number of nitrogens with one attached hydrogen (secondary N) is 1. The van der Waals surface area contributed by atoms with Crippen LogP contribution < -0.4 is 5.32 Å². The fourth-order valence-corrected chi connectivity index (χ4v) is 3.14. The molecule has 0 aromatic heterocycles. The van der Waals surface area contributed by atoms with Crippen LogP contribution in [0.4, 0.5) is 4.39 Å². The fraction of sp³-hybridized carbons (Fsp3) is 0.174. The van der Waals surface area contributed by atoms with Crippen molar-refractivity contribution in [1.29, 1.82) is 0 Å². The van der Waals surface area contributed by atoms with Crippen molar-refractivity contribution < 1.29 is 9.18 Å². The standard InChI is InChI=1S/C23H22FNO/c1-23(19-11-4-2-5-12-19,20-13-6-3-7-14-20)25-22(26)17-16-18-10-8-9-15-21(18)24/h2-15H,16-17H2,1H3,(H,25,26). The van der Waals surface area contributed by atoms with Crippen molar-refractivity contribution in [2.45, 2.75) is 25.3 Å². The first-order valence-corrected chi connectivity index (χ1v) is 8.75. The Labute approximate surface area is 153 Å². The molecular formula is C23H22FNO. The van der Waals surface area contributed by atoms with Gasteiger partial charge in [-0.15, -0.1) is 0 Å². The van der Waals surface area contributed by atoms with Gasteiger partial charge in [0.15, 0.2) is 0 Å². The first-order chi connectivity index (χ1) is 12.6. The summed E-state index contributed by atoms with van der Waals surface area (Å²) in [5.41, 5.74) is 1.93. The second kappa shape index (κ2) is 7.96. The van der Waals surface area contributed by atoms with Crippen LogP contribution in [-0.4, -0.2) is 5.91 Å². The van der Waals surface area contributed by atoms with Crippen LogP contribution in [0, 0.1) is 5.82 Å². The third kappa shape index (κ3) is 3.99. The zero-order valence-electron chi connectivity index (χ0n) is 14.8. The van der Waals surface area contributed by atoms with E-state index in [1.807, 2.05) is 67.6 Å². The lowest BCUT2D eigenvalue weighted by Gasteiger charge is -2.32. The van der Waals surface area contributed by atoms with Gasteiger partial charge < -0.3 is 5.32 Å². The van der Waals surface area contributed by atoms with Gasteiger partial charge in [0.1, 0.15) is 5.82 Å². The largest absolute Gasteiger partial charge is 0.343 e. The summed E-state index contributed by atoms with van der Waals surface area (Å²) in [7, 11) is 0. The number of aryl methyl sites for hydroxylation is 1. The molecule has 3 aromatic carbocycles.